The van der Waals surface area contributed by atoms with E-state index in [1.165, 1.54) is 16.5 Å². The fourth-order valence-electron chi connectivity index (χ4n) is 3.13. The summed E-state index contributed by atoms with van der Waals surface area (Å²) in [6.07, 6.45) is 3.93. The molecular formula is C17H23N3O. The Morgan fingerprint density at radius 2 is 2.00 bits per heavy atom. The number of carbonyl (C=O) groups is 1. The van der Waals surface area contributed by atoms with Gasteiger partial charge in [0.1, 0.15) is 0 Å². The van der Waals surface area contributed by atoms with Crippen LogP contribution < -0.4 is 0 Å². The van der Waals surface area contributed by atoms with Gasteiger partial charge in [0.15, 0.2) is 0 Å². The van der Waals surface area contributed by atoms with Crippen LogP contribution in [0.5, 0.6) is 0 Å². The van der Waals surface area contributed by atoms with Crippen molar-refractivity contribution in [3.63, 3.8) is 0 Å². The van der Waals surface area contributed by atoms with Crippen LogP contribution in [0.15, 0.2) is 24.4 Å². The van der Waals surface area contributed by atoms with E-state index < -0.39 is 0 Å². The molecule has 1 amide bonds. The third kappa shape index (κ3) is 2.67. The lowest BCUT2D eigenvalue weighted by Gasteiger charge is -2.31. The number of amides is 1. The highest BCUT2D eigenvalue weighted by molar-refractivity contribution is 5.79. The van der Waals surface area contributed by atoms with E-state index in [-0.39, 0.29) is 5.91 Å². The van der Waals surface area contributed by atoms with Gasteiger partial charge >= 0.3 is 0 Å². The molecule has 21 heavy (non-hydrogen) atoms. The SMILES string of the molecule is CC(=O)N1CCC(n2ncc3ccc(C(C)C)cc32)CC1. The summed E-state index contributed by atoms with van der Waals surface area (Å²) >= 11 is 0. The molecule has 112 valence electrons. The molecule has 1 aromatic heterocycles. The number of hydrogen-bond donors (Lipinski definition) is 0. The molecule has 0 spiro atoms. The van der Waals surface area contributed by atoms with Crippen LogP contribution in [-0.4, -0.2) is 33.7 Å². The Kier molecular flexibility index (Phi) is 3.70. The Labute approximate surface area is 125 Å². The van der Waals surface area contributed by atoms with Crippen molar-refractivity contribution in [2.45, 2.75) is 45.6 Å². The largest absolute Gasteiger partial charge is 0.343 e. The van der Waals surface area contributed by atoms with Crippen LogP contribution in [-0.2, 0) is 4.79 Å². The van der Waals surface area contributed by atoms with Gasteiger partial charge in [-0.05, 0) is 30.4 Å². The van der Waals surface area contributed by atoms with Gasteiger partial charge in [-0.2, -0.15) is 5.10 Å². The van der Waals surface area contributed by atoms with E-state index in [1.54, 1.807) is 6.92 Å². The van der Waals surface area contributed by atoms with Gasteiger partial charge in [0.25, 0.3) is 0 Å². The second-order valence-electron chi connectivity index (χ2n) is 6.30. The number of carbonyl (C=O) groups excluding carboxylic acids is 1. The van der Waals surface area contributed by atoms with Crippen LogP contribution in [0.2, 0.25) is 0 Å². The molecule has 0 atom stereocenters. The van der Waals surface area contributed by atoms with Crippen LogP contribution in [0.25, 0.3) is 10.9 Å². The molecule has 4 nitrogen and oxygen atoms in total. The van der Waals surface area contributed by atoms with Gasteiger partial charge in [0, 0.05) is 25.4 Å². The Morgan fingerprint density at radius 1 is 1.29 bits per heavy atom. The van der Waals surface area contributed by atoms with E-state index >= 15 is 0 Å². The molecule has 3 rings (SSSR count). The van der Waals surface area contributed by atoms with Crippen LogP contribution >= 0.6 is 0 Å². The Balaban J connectivity index is 1.87. The van der Waals surface area contributed by atoms with Crippen molar-refractivity contribution in [3.05, 3.63) is 30.0 Å². The van der Waals surface area contributed by atoms with E-state index in [4.69, 9.17) is 0 Å². The molecule has 0 unspecified atom stereocenters. The normalized spacial score (nSPS) is 16.9. The maximum absolute atomic E-state index is 11.4. The monoisotopic (exact) mass is 285 g/mol. The second-order valence-corrected chi connectivity index (χ2v) is 6.30. The lowest BCUT2D eigenvalue weighted by atomic mass is 10.0. The Bertz CT molecular complexity index is 651. The van der Waals surface area contributed by atoms with Crippen molar-refractivity contribution < 1.29 is 4.79 Å². The first-order valence-corrected chi connectivity index (χ1v) is 7.79. The molecule has 1 aromatic carbocycles. The zero-order valence-electron chi connectivity index (χ0n) is 13.0. The molecule has 2 heterocycles. The summed E-state index contributed by atoms with van der Waals surface area (Å²) < 4.78 is 2.17. The third-order valence-corrected chi connectivity index (χ3v) is 4.54. The summed E-state index contributed by atoms with van der Waals surface area (Å²) in [6.45, 7) is 7.76. The Hall–Kier alpha value is -1.84. The maximum atomic E-state index is 11.4. The summed E-state index contributed by atoms with van der Waals surface area (Å²) in [5, 5.41) is 5.80. The summed E-state index contributed by atoms with van der Waals surface area (Å²) in [6, 6.07) is 7.03. The van der Waals surface area contributed by atoms with Crippen LogP contribution in [0.1, 0.15) is 51.1 Å². The minimum absolute atomic E-state index is 0.181. The molecule has 2 aromatic rings. The molecule has 0 N–H and O–H groups in total. The predicted molar refractivity (Wildman–Crippen MR) is 84.3 cm³/mol. The molecule has 1 aliphatic rings. The van der Waals surface area contributed by atoms with Crippen LogP contribution in [0.3, 0.4) is 0 Å². The first-order chi connectivity index (χ1) is 10.1. The summed E-state index contributed by atoms with van der Waals surface area (Å²) in [5.41, 5.74) is 2.58. The zero-order valence-corrected chi connectivity index (χ0v) is 13.0. The van der Waals surface area contributed by atoms with Crippen LogP contribution in [0.4, 0.5) is 0 Å². The fourth-order valence-corrected chi connectivity index (χ4v) is 3.13. The van der Waals surface area contributed by atoms with E-state index in [9.17, 15) is 4.79 Å². The number of nitrogens with zero attached hydrogens (tertiary/aromatic N) is 3. The van der Waals surface area contributed by atoms with Crippen molar-refractivity contribution in [2.75, 3.05) is 13.1 Å². The Morgan fingerprint density at radius 3 is 2.62 bits per heavy atom. The van der Waals surface area contributed by atoms with E-state index in [0.29, 0.717) is 12.0 Å². The summed E-state index contributed by atoms with van der Waals surface area (Å²) in [5.74, 6) is 0.707. The lowest BCUT2D eigenvalue weighted by molar-refractivity contribution is -0.130. The zero-order chi connectivity index (χ0) is 15.0. The summed E-state index contributed by atoms with van der Waals surface area (Å²) in [4.78, 5) is 13.4. The maximum Gasteiger partial charge on any atom is 0.219 e. The summed E-state index contributed by atoms with van der Waals surface area (Å²) in [7, 11) is 0. The predicted octanol–water partition coefficient (Wildman–Crippen LogP) is 3.34. The fraction of sp³-hybridized carbons (Fsp3) is 0.529. The van der Waals surface area contributed by atoms with Gasteiger partial charge in [-0.25, -0.2) is 0 Å². The second kappa shape index (κ2) is 5.51. The van der Waals surface area contributed by atoms with Gasteiger partial charge in [-0.3, -0.25) is 9.48 Å². The van der Waals surface area contributed by atoms with E-state index in [0.717, 1.165) is 25.9 Å². The highest BCUT2D eigenvalue weighted by Gasteiger charge is 2.23. The number of hydrogen-bond acceptors (Lipinski definition) is 2. The van der Waals surface area contributed by atoms with Gasteiger partial charge in [-0.15, -0.1) is 0 Å². The molecule has 4 heteroatoms. The van der Waals surface area contributed by atoms with Crippen molar-refractivity contribution in [1.29, 1.82) is 0 Å². The minimum Gasteiger partial charge on any atom is -0.343 e. The lowest BCUT2D eigenvalue weighted by Crippen LogP contribution is -2.37. The molecule has 1 aliphatic heterocycles. The van der Waals surface area contributed by atoms with Crippen molar-refractivity contribution in [1.82, 2.24) is 14.7 Å². The van der Waals surface area contributed by atoms with Crippen molar-refractivity contribution >= 4 is 16.8 Å². The highest BCUT2D eigenvalue weighted by Crippen LogP contribution is 2.28. The first kappa shape index (κ1) is 14.1. The molecule has 1 fully saturated rings. The molecule has 0 radical (unpaired) electrons. The van der Waals surface area contributed by atoms with Gasteiger partial charge in [-0.1, -0.05) is 26.0 Å². The number of rotatable bonds is 2. The third-order valence-electron chi connectivity index (χ3n) is 4.54. The van der Waals surface area contributed by atoms with E-state index in [1.807, 2.05) is 11.1 Å². The van der Waals surface area contributed by atoms with Gasteiger partial charge in [0.2, 0.25) is 5.91 Å². The van der Waals surface area contributed by atoms with Crippen molar-refractivity contribution in [3.8, 4) is 0 Å². The number of benzene rings is 1. The molecular weight excluding hydrogens is 262 g/mol. The highest BCUT2D eigenvalue weighted by atomic mass is 16.2. The average Bonchev–Trinajstić information content (AvgIpc) is 2.90. The smallest absolute Gasteiger partial charge is 0.219 e. The van der Waals surface area contributed by atoms with E-state index in [2.05, 4.69) is 41.8 Å². The van der Waals surface area contributed by atoms with Crippen LogP contribution in [0, 0.1) is 0 Å². The quantitative estimate of drug-likeness (QED) is 0.848. The first-order valence-electron chi connectivity index (χ1n) is 7.79. The number of likely N-dealkylation sites (tertiary alicyclic amines) is 1. The van der Waals surface area contributed by atoms with Gasteiger partial charge in [0.05, 0.1) is 17.8 Å². The topological polar surface area (TPSA) is 38.1 Å². The number of fused-ring (bicyclic) bond motifs is 1. The number of piperidine rings is 1. The average molecular weight is 285 g/mol. The standard InChI is InChI=1S/C17H23N3O/c1-12(2)14-4-5-15-11-18-20(17(15)10-14)16-6-8-19(9-7-16)13(3)21/h4-5,10-12,16H,6-9H2,1-3H3. The molecule has 0 saturated carbocycles. The van der Waals surface area contributed by atoms with Gasteiger partial charge < -0.3 is 4.90 Å². The molecule has 0 bridgehead atoms. The number of aromatic nitrogens is 2. The van der Waals surface area contributed by atoms with Crippen molar-refractivity contribution in [2.24, 2.45) is 0 Å². The minimum atomic E-state index is 0.181. The molecule has 0 aliphatic carbocycles. The molecule has 1 saturated heterocycles.